The molecule has 36 heavy (non-hydrogen) atoms. The lowest BCUT2D eigenvalue weighted by atomic mass is 10.2. The van der Waals surface area contributed by atoms with E-state index in [2.05, 4.69) is 31.0 Å². The number of anilines is 1. The zero-order chi connectivity index (χ0) is 25.5. The van der Waals surface area contributed by atoms with Gasteiger partial charge in [0.25, 0.3) is 6.43 Å². The molecule has 0 bridgehead atoms. The van der Waals surface area contributed by atoms with Gasteiger partial charge in [0.15, 0.2) is 10.0 Å². The summed E-state index contributed by atoms with van der Waals surface area (Å²) in [5.41, 5.74) is 0.704. The number of halogens is 2. The van der Waals surface area contributed by atoms with Crippen LogP contribution in [0.25, 0.3) is 16.1 Å². The molecule has 4 heterocycles. The highest BCUT2D eigenvalue weighted by atomic mass is 32.2. The highest BCUT2D eigenvalue weighted by Crippen LogP contribution is 2.39. The summed E-state index contributed by atoms with van der Waals surface area (Å²) in [5.74, 6) is 0.872. The molecule has 3 aromatic heterocycles. The molecule has 2 aliphatic rings. The van der Waals surface area contributed by atoms with Crippen molar-refractivity contribution >= 4 is 44.6 Å². The number of piperazine rings is 1. The van der Waals surface area contributed by atoms with Crippen molar-refractivity contribution < 1.29 is 17.2 Å². The number of rotatable bonds is 9. The van der Waals surface area contributed by atoms with E-state index in [1.54, 1.807) is 10.7 Å². The fourth-order valence-corrected chi connectivity index (χ4v) is 7.13. The van der Waals surface area contributed by atoms with Gasteiger partial charge in [-0.05, 0) is 43.3 Å². The third-order valence-electron chi connectivity index (χ3n) is 6.18. The SMILES string of the molecule is CCCS(=O)(=O)N1CCN(c2cc(SNC3(C#N)CC3)cc3c(-c4nnc(C(F)F)s4)cnn23)CC1. The van der Waals surface area contributed by atoms with Crippen LogP contribution in [-0.2, 0) is 10.0 Å². The second-order valence-corrected chi connectivity index (χ2v) is 12.7. The molecule has 2 fully saturated rings. The number of nitriles is 1. The molecule has 10 nitrogen and oxygen atoms in total. The van der Waals surface area contributed by atoms with Gasteiger partial charge in [0.2, 0.25) is 10.0 Å². The van der Waals surface area contributed by atoms with E-state index in [-0.39, 0.29) is 10.8 Å². The monoisotopic (exact) mass is 554 g/mol. The van der Waals surface area contributed by atoms with Crippen LogP contribution in [0.1, 0.15) is 37.6 Å². The summed E-state index contributed by atoms with van der Waals surface area (Å²) in [7, 11) is -3.28. The average Bonchev–Trinajstić information content (AvgIpc) is 3.26. The molecule has 1 aliphatic carbocycles. The summed E-state index contributed by atoms with van der Waals surface area (Å²) in [5, 5.41) is 21.5. The molecular weight excluding hydrogens is 530 g/mol. The standard InChI is InChI=1S/C21H24F2N8O2S3/c1-2-9-36(32,33)30-7-5-29(6-8-30)17-11-14(35-28-21(13-24)3-4-21)10-16-15(12-25-31(16)17)19-26-27-20(34-19)18(22)23/h10-12,18,28H,2-9H2,1H3. The number of fused-ring (bicyclic) bond motifs is 1. The average molecular weight is 555 g/mol. The zero-order valence-electron chi connectivity index (χ0n) is 19.4. The van der Waals surface area contributed by atoms with Crippen LogP contribution in [-0.4, -0.2) is 70.0 Å². The largest absolute Gasteiger partial charge is 0.354 e. The van der Waals surface area contributed by atoms with Crippen molar-refractivity contribution in [3.8, 4) is 16.6 Å². The number of sulfonamides is 1. The lowest BCUT2D eigenvalue weighted by Crippen LogP contribution is -2.49. The lowest BCUT2D eigenvalue weighted by molar-refractivity contribution is 0.150. The Labute approximate surface area is 215 Å². The molecule has 0 spiro atoms. The Kier molecular flexibility index (Phi) is 6.90. The van der Waals surface area contributed by atoms with E-state index < -0.39 is 22.0 Å². The molecule has 0 radical (unpaired) electrons. The van der Waals surface area contributed by atoms with Crippen molar-refractivity contribution in [2.75, 3.05) is 36.8 Å². The molecule has 15 heteroatoms. The van der Waals surface area contributed by atoms with Crippen LogP contribution in [0, 0.1) is 11.3 Å². The summed E-state index contributed by atoms with van der Waals surface area (Å²) >= 11 is 2.16. The van der Waals surface area contributed by atoms with Crippen molar-refractivity contribution in [1.29, 1.82) is 5.26 Å². The van der Waals surface area contributed by atoms with E-state index in [1.807, 2.05) is 19.1 Å². The number of hydrogen-bond acceptors (Lipinski definition) is 10. The summed E-state index contributed by atoms with van der Waals surface area (Å²) in [6.07, 6.45) is 0.993. The third-order valence-corrected chi connectivity index (χ3v) is 10.2. The summed E-state index contributed by atoms with van der Waals surface area (Å²) < 4.78 is 57.7. The van der Waals surface area contributed by atoms with Crippen molar-refractivity contribution in [3.63, 3.8) is 0 Å². The maximum Gasteiger partial charge on any atom is 0.291 e. The highest BCUT2D eigenvalue weighted by Gasteiger charge is 2.43. The predicted molar refractivity (Wildman–Crippen MR) is 133 cm³/mol. The quantitative estimate of drug-likeness (QED) is 0.397. The minimum Gasteiger partial charge on any atom is -0.354 e. The Hall–Kier alpha value is -2.38. The first-order valence-corrected chi connectivity index (χ1v) is 14.7. The smallest absolute Gasteiger partial charge is 0.291 e. The first kappa shape index (κ1) is 25.3. The summed E-state index contributed by atoms with van der Waals surface area (Å²) in [4.78, 5) is 2.88. The van der Waals surface area contributed by atoms with E-state index >= 15 is 0 Å². The van der Waals surface area contributed by atoms with Gasteiger partial charge in [0.1, 0.15) is 11.4 Å². The summed E-state index contributed by atoms with van der Waals surface area (Å²) in [6.45, 7) is 3.52. The topological polar surface area (TPSA) is 120 Å². The van der Waals surface area contributed by atoms with E-state index in [0.717, 1.165) is 34.9 Å². The Morgan fingerprint density at radius 2 is 2.00 bits per heavy atom. The van der Waals surface area contributed by atoms with Gasteiger partial charge in [-0.25, -0.2) is 26.4 Å². The normalized spacial score (nSPS) is 18.1. The number of alkyl halides is 2. The minimum absolute atomic E-state index is 0.126. The maximum absolute atomic E-state index is 13.1. The predicted octanol–water partition coefficient (Wildman–Crippen LogP) is 3.31. The Bertz CT molecular complexity index is 1410. The molecule has 0 aromatic carbocycles. The van der Waals surface area contributed by atoms with Gasteiger partial charge < -0.3 is 4.90 Å². The number of nitrogens with one attached hydrogen (secondary N) is 1. The van der Waals surface area contributed by atoms with E-state index in [4.69, 9.17) is 0 Å². The molecule has 1 saturated carbocycles. The van der Waals surface area contributed by atoms with Gasteiger partial charge >= 0.3 is 0 Å². The molecule has 5 rings (SSSR count). The second-order valence-electron chi connectivity index (χ2n) is 8.75. The van der Waals surface area contributed by atoms with Gasteiger partial charge in [-0.3, -0.25) is 0 Å². The van der Waals surface area contributed by atoms with Gasteiger partial charge in [0, 0.05) is 31.1 Å². The van der Waals surface area contributed by atoms with Crippen molar-refractivity contribution in [3.05, 3.63) is 23.3 Å². The van der Waals surface area contributed by atoms with Gasteiger partial charge in [-0.1, -0.05) is 18.3 Å². The van der Waals surface area contributed by atoms with Gasteiger partial charge in [0.05, 0.1) is 29.1 Å². The molecule has 1 aliphatic heterocycles. The minimum atomic E-state index is -3.28. The molecular formula is C21H24F2N8O2S3. The number of nitrogens with zero attached hydrogens (tertiary/aromatic N) is 7. The molecule has 0 atom stereocenters. The van der Waals surface area contributed by atoms with Gasteiger partial charge in [-0.15, -0.1) is 10.2 Å². The van der Waals surface area contributed by atoms with Gasteiger partial charge in [-0.2, -0.15) is 14.7 Å². The first-order valence-electron chi connectivity index (χ1n) is 11.5. The van der Waals surface area contributed by atoms with Crippen LogP contribution in [0.4, 0.5) is 14.6 Å². The van der Waals surface area contributed by atoms with Crippen molar-refractivity contribution in [2.24, 2.45) is 0 Å². The Morgan fingerprint density at radius 3 is 2.61 bits per heavy atom. The number of aromatic nitrogens is 4. The second kappa shape index (κ2) is 9.82. The Balaban J connectivity index is 1.48. The molecule has 0 amide bonds. The van der Waals surface area contributed by atoms with Crippen LogP contribution < -0.4 is 9.62 Å². The Morgan fingerprint density at radius 1 is 1.25 bits per heavy atom. The van der Waals surface area contributed by atoms with Crippen LogP contribution in [0.15, 0.2) is 23.2 Å². The highest BCUT2D eigenvalue weighted by molar-refractivity contribution is 7.97. The molecule has 1 saturated heterocycles. The van der Waals surface area contributed by atoms with Crippen LogP contribution in [0.5, 0.6) is 0 Å². The fourth-order valence-electron chi connectivity index (χ4n) is 4.03. The van der Waals surface area contributed by atoms with Crippen LogP contribution in [0.3, 0.4) is 0 Å². The van der Waals surface area contributed by atoms with E-state index in [9.17, 15) is 22.5 Å². The van der Waals surface area contributed by atoms with E-state index in [1.165, 1.54) is 16.3 Å². The van der Waals surface area contributed by atoms with Crippen molar-refractivity contribution in [2.45, 2.75) is 43.0 Å². The lowest BCUT2D eigenvalue weighted by Gasteiger charge is -2.35. The maximum atomic E-state index is 13.1. The zero-order valence-corrected chi connectivity index (χ0v) is 21.8. The fraction of sp³-hybridized carbons (Fsp3) is 0.524. The number of pyridine rings is 1. The van der Waals surface area contributed by atoms with E-state index in [0.29, 0.717) is 48.7 Å². The van der Waals surface area contributed by atoms with Crippen molar-refractivity contribution in [1.82, 2.24) is 28.8 Å². The molecule has 3 aromatic rings. The number of hydrogen-bond donors (Lipinski definition) is 1. The first-order chi connectivity index (χ1) is 17.2. The molecule has 1 N–H and O–H groups in total. The molecule has 0 unspecified atom stereocenters. The summed E-state index contributed by atoms with van der Waals surface area (Å²) in [6, 6.07) is 6.12. The third kappa shape index (κ3) is 4.92. The van der Waals surface area contributed by atoms with Crippen LogP contribution in [0.2, 0.25) is 0 Å². The molecule has 192 valence electrons. The van der Waals surface area contributed by atoms with Crippen LogP contribution >= 0.6 is 23.3 Å².